The third kappa shape index (κ3) is 1.61. The van der Waals surface area contributed by atoms with Crippen LogP contribution in [0.2, 0.25) is 0 Å². The maximum atomic E-state index is 12.5. The van der Waals surface area contributed by atoms with Crippen molar-refractivity contribution in [2.45, 2.75) is 12.8 Å². The molecule has 0 aromatic heterocycles. The minimum atomic E-state index is -1.19. The van der Waals surface area contributed by atoms with Crippen molar-refractivity contribution < 1.29 is 14.7 Å². The molecule has 2 heterocycles. The summed E-state index contributed by atoms with van der Waals surface area (Å²) in [5, 5.41) is 13.6. The van der Waals surface area contributed by atoms with E-state index in [0.717, 1.165) is 5.56 Å². The Hall–Kier alpha value is -2.66. The first-order valence-corrected chi connectivity index (χ1v) is 6.63. The first kappa shape index (κ1) is 12.1. The lowest BCUT2D eigenvalue weighted by Gasteiger charge is -2.19. The number of rotatable bonds is 1. The van der Waals surface area contributed by atoms with E-state index in [1.165, 1.54) is 0 Å². The predicted molar refractivity (Wildman–Crippen MR) is 74.8 cm³/mol. The summed E-state index contributed by atoms with van der Waals surface area (Å²) in [4.78, 5) is 25.8. The summed E-state index contributed by atoms with van der Waals surface area (Å²) < 4.78 is 0. The molecule has 0 saturated heterocycles. The van der Waals surface area contributed by atoms with Gasteiger partial charge in [0.2, 0.25) is 0 Å². The first-order valence-electron chi connectivity index (χ1n) is 6.63. The summed E-state index contributed by atoms with van der Waals surface area (Å²) >= 11 is 0. The molecule has 5 nitrogen and oxygen atoms in total. The minimum Gasteiger partial charge on any atom is -0.368 e. The van der Waals surface area contributed by atoms with Crippen LogP contribution in [-0.2, 0) is 6.54 Å². The second kappa shape index (κ2) is 4.17. The van der Waals surface area contributed by atoms with E-state index in [1.54, 1.807) is 29.2 Å². The molecule has 1 unspecified atom stereocenters. The van der Waals surface area contributed by atoms with E-state index in [-0.39, 0.29) is 5.91 Å². The SMILES string of the molecule is O=C1[N]C(O)c2c1cccc2N1Cc2ccccc2C1=O. The first-order chi connectivity index (χ1) is 10.2. The zero-order valence-corrected chi connectivity index (χ0v) is 11.0. The largest absolute Gasteiger partial charge is 0.368 e. The second-order valence-corrected chi connectivity index (χ2v) is 5.09. The van der Waals surface area contributed by atoms with Crippen molar-refractivity contribution in [3.05, 3.63) is 64.7 Å². The van der Waals surface area contributed by atoms with Crippen molar-refractivity contribution in [3.63, 3.8) is 0 Å². The molecule has 2 aromatic carbocycles. The van der Waals surface area contributed by atoms with Gasteiger partial charge in [0, 0.05) is 11.1 Å². The van der Waals surface area contributed by atoms with Crippen LogP contribution in [0.4, 0.5) is 5.69 Å². The van der Waals surface area contributed by atoms with Crippen LogP contribution in [0.25, 0.3) is 0 Å². The molecule has 4 rings (SSSR count). The fourth-order valence-electron chi connectivity index (χ4n) is 2.94. The lowest BCUT2D eigenvalue weighted by atomic mass is 10.1. The number of carbonyl (C=O) groups excluding carboxylic acids is 2. The minimum absolute atomic E-state index is 0.120. The van der Waals surface area contributed by atoms with Crippen LogP contribution in [-0.4, -0.2) is 16.9 Å². The van der Waals surface area contributed by atoms with Crippen molar-refractivity contribution in [1.82, 2.24) is 5.32 Å². The van der Waals surface area contributed by atoms with Crippen LogP contribution in [0.5, 0.6) is 0 Å². The van der Waals surface area contributed by atoms with Crippen molar-refractivity contribution in [2.75, 3.05) is 4.90 Å². The number of carbonyl (C=O) groups is 2. The maximum absolute atomic E-state index is 12.5. The van der Waals surface area contributed by atoms with Crippen LogP contribution < -0.4 is 10.2 Å². The number of amides is 2. The molecule has 1 N–H and O–H groups in total. The molecule has 0 bridgehead atoms. The van der Waals surface area contributed by atoms with Gasteiger partial charge in [-0.1, -0.05) is 24.3 Å². The average Bonchev–Trinajstić information content (AvgIpc) is 2.98. The van der Waals surface area contributed by atoms with Gasteiger partial charge in [0.25, 0.3) is 11.8 Å². The predicted octanol–water partition coefficient (Wildman–Crippen LogP) is 1.60. The molecular weight excluding hydrogens is 268 g/mol. The van der Waals surface area contributed by atoms with Crippen molar-refractivity contribution in [1.29, 1.82) is 0 Å². The summed E-state index contributed by atoms with van der Waals surface area (Å²) in [7, 11) is 0. The Bertz CT molecular complexity index is 785. The van der Waals surface area contributed by atoms with Crippen LogP contribution in [0.1, 0.15) is 38.1 Å². The molecule has 0 fully saturated rings. The number of hydrogen-bond donors (Lipinski definition) is 1. The van der Waals surface area contributed by atoms with Gasteiger partial charge in [-0.2, -0.15) is 0 Å². The molecule has 5 heteroatoms. The lowest BCUT2D eigenvalue weighted by molar-refractivity contribution is 0.0838. The van der Waals surface area contributed by atoms with Gasteiger partial charge in [-0.15, -0.1) is 0 Å². The van der Waals surface area contributed by atoms with Gasteiger partial charge in [-0.25, -0.2) is 5.32 Å². The van der Waals surface area contributed by atoms with E-state index in [2.05, 4.69) is 5.32 Å². The maximum Gasteiger partial charge on any atom is 0.275 e. The van der Waals surface area contributed by atoms with Gasteiger partial charge in [0.05, 0.1) is 17.8 Å². The Morgan fingerprint density at radius 1 is 1.05 bits per heavy atom. The number of anilines is 1. The normalized spacial score (nSPS) is 19.5. The highest BCUT2D eigenvalue weighted by molar-refractivity contribution is 6.11. The highest BCUT2D eigenvalue weighted by atomic mass is 16.3. The van der Waals surface area contributed by atoms with Crippen molar-refractivity contribution in [3.8, 4) is 0 Å². The second-order valence-electron chi connectivity index (χ2n) is 5.09. The molecule has 0 aliphatic carbocycles. The van der Waals surface area contributed by atoms with Crippen LogP contribution in [0.3, 0.4) is 0 Å². The van der Waals surface area contributed by atoms with E-state index < -0.39 is 12.1 Å². The van der Waals surface area contributed by atoms with E-state index in [0.29, 0.717) is 28.9 Å². The summed E-state index contributed by atoms with van der Waals surface area (Å²) in [6.45, 7) is 0.437. The Labute approximate surface area is 120 Å². The molecule has 1 atom stereocenters. The fraction of sp³-hybridized carbons (Fsp3) is 0.125. The summed E-state index contributed by atoms with van der Waals surface area (Å²) in [5.74, 6) is -0.561. The summed E-state index contributed by atoms with van der Waals surface area (Å²) in [6, 6.07) is 12.5. The molecule has 2 aliphatic rings. The number of fused-ring (bicyclic) bond motifs is 2. The van der Waals surface area contributed by atoms with Gasteiger partial charge >= 0.3 is 0 Å². The average molecular weight is 279 g/mol. The van der Waals surface area contributed by atoms with Gasteiger partial charge in [0.1, 0.15) is 0 Å². The third-order valence-electron chi connectivity index (χ3n) is 3.92. The molecule has 0 saturated carbocycles. The Morgan fingerprint density at radius 3 is 2.62 bits per heavy atom. The number of benzene rings is 2. The zero-order valence-electron chi connectivity index (χ0n) is 11.0. The topological polar surface area (TPSA) is 71.7 Å². The summed E-state index contributed by atoms with van der Waals surface area (Å²) in [6.07, 6.45) is -1.19. The van der Waals surface area contributed by atoms with E-state index in [1.807, 2.05) is 18.2 Å². The molecule has 2 aliphatic heterocycles. The molecule has 2 amide bonds. The van der Waals surface area contributed by atoms with Crippen molar-refractivity contribution in [2.24, 2.45) is 0 Å². The van der Waals surface area contributed by atoms with E-state index >= 15 is 0 Å². The highest BCUT2D eigenvalue weighted by Crippen LogP contribution is 2.37. The van der Waals surface area contributed by atoms with Crippen LogP contribution in [0.15, 0.2) is 42.5 Å². The molecule has 2 aromatic rings. The molecular formula is C16H11N2O3. The third-order valence-corrected chi connectivity index (χ3v) is 3.92. The number of aliphatic hydroxyl groups is 1. The smallest absolute Gasteiger partial charge is 0.275 e. The number of nitrogens with zero attached hydrogens (tertiary/aromatic N) is 2. The monoisotopic (exact) mass is 279 g/mol. The molecule has 1 radical (unpaired) electrons. The summed E-state index contributed by atoms with van der Waals surface area (Å²) in [5.41, 5.74) is 2.94. The van der Waals surface area contributed by atoms with Gasteiger partial charge < -0.3 is 10.0 Å². The molecule has 21 heavy (non-hydrogen) atoms. The van der Waals surface area contributed by atoms with Gasteiger partial charge in [-0.05, 0) is 23.8 Å². The van der Waals surface area contributed by atoms with Gasteiger partial charge in [0.15, 0.2) is 6.23 Å². The quantitative estimate of drug-likeness (QED) is 0.861. The van der Waals surface area contributed by atoms with Crippen LogP contribution >= 0.6 is 0 Å². The lowest BCUT2D eigenvalue weighted by Crippen LogP contribution is -2.24. The highest BCUT2D eigenvalue weighted by Gasteiger charge is 2.36. The molecule has 0 spiro atoms. The Balaban J connectivity index is 1.84. The number of aliphatic hydroxyl groups excluding tert-OH is 1. The standard InChI is InChI=1S/C16H11N2O3/c19-14-11-6-3-7-12(13(11)15(20)17-14)18-8-9-4-1-2-5-10(9)16(18)21/h1-7,15,20H,8H2. The van der Waals surface area contributed by atoms with Gasteiger partial charge in [-0.3, -0.25) is 9.59 Å². The van der Waals surface area contributed by atoms with E-state index in [9.17, 15) is 14.7 Å². The Kier molecular flexibility index (Phi) is 2.40. The zero-order chi connectivity index (χ0) is 14.6. The van der Waals surface area contributed by atoms with Crippen molar-refractivity contribution >= 4 is 17.5 Å². The molecule has 103 valence electrons. The van der Waals surface area contributed by atoms with Crippen LogP contribution in [0, 0.1) is 0 Å². The Morgan fingerprint density at radius 2 is 1.81 bits per heavy atom. The fourth-order valence-corrected chi connectivity index (χ4v) is 2.94. The van der Waals surface area contributed by atoms with E-state index in [4.69, 9.17) is 0 Å². The number of hydrogen-bond acceptors (Lipinski definition) is 3.